The maximum absolute atomic E-state index is 12.5. The molecule has 3 heterocycles. The SMILES string of the molecule is Cc1nn(-c2ccccc2)c(C)c1/C=C/C(=O)Nc1nc(CN2CC(C)OC(C)C2)cs1. The van der Waals surface area contributed by atoms with Crippen LogP contribution in [0.5, 0.6) is 0 Å². The Balaban J connectivity index is 1.38. The van der Waals surface area contributed by atoms with Crippen LogP contribution in [0.1, 0.15) is 36.5 Å². The number of hydrogen-bond acceptors (Lipinski definition) is 6. The van der Waals surface area contributed by atoms with Crippen LogP contribution in [0, 0.1) is 13.8 Å². The molecule has 1 fully saturated rings. The first-order valence-corrected chi connectivity index (χ1v) is 11.7. The number of nitrogens with zero attached hydrogens (tertiary/aromatic N) is 4. The number of morpholine rings is 1. The van der Waals surface area contributed by atoms with Gasteiger partial charge >= 0.3 is 0 Å². The number of rotatable bonds is 6. The van der Waals surface area contributed by atoms with Gasteiger partial charge < -0.3 is 4.74 Å². The highest BCUT2D eigenvalue weighted by Crippen LogP contribution is 2.21. The zero-order chi connectivity index (χ0) is 22.7. The number of hydrogen-bond donors (Lipinski definition) is 1. The minimum Gasteiger partial charge on any atom is -0.373 e. The molecule has 1 aliphatic heterocycles. The Kier molecular flexibility index (Phi) is 6.83. The summed E-state index contributed by atoms with van der Waals surface area (Å²) in [5, 5.41) is 10.1. The summed E-state index contributed by atoms with van der Waals surface area (Å²) in [7, 11) is 0. The van der Waals surface area contributed by atoms with E-state index in [0.717, 1.165) is 48.0 Å². The van der Waals surface area contributed by atoms with Crippen LogP contribution >= 0.6 is 11.3 Å². The van der Waals surface area contributed by atoms with Gasteiger partial charge in [0.05, 0.1) is 29.3 Å². The molecular formula is C24H29N5O2S. The Morgan fingerprint density at radius 1 is 1.22 bits per heavy atom. The zero-order valence-electron chi connectivity index (χ0n) is 18.9. The Morgan fingerprint density at radius 3 is 2.66 bits per heavy atom. The van der Waals surface area contributed by atoms with E-state index in [1.54, 1.807) is 6.08 Å². The molecule has 0 spiro atoms. The Morgan fingerprint density at radius 2 is 1.94 bits per heavy atom. The van der Waals surface area contributed by atoms with E-state index in [0.29, 0.717) is 5.13 Å². The van der Waals surface area contributed by atoms with Crippen molar-refractivity contribution in [3.8, 4) is 5.69 Å². The molecule has 7 nitrogen and oxygen atoms in total. The van der Waals surface area contributed by atoms with Crippen LogP contribution in [0.3, 0.4) is 0 Å². The summed E-state index contributed by atoms with van der Waals surface area (Å²) in [6.45, 7) is 10.7. The monoisotopic (exact) mass is 451 g/mol. The summed E-state index contributed by atoms with van der Waals surface area (Å²) in [5.41, 5.74) is 4.77. The Hall–Kier alpha value is -2.81. The molecule has 3 aromatic rings. The van der Waals surface area contributed by atoms with Crippen molar-refractivity contribution in [1.82, 2.24) is 19.7 Å². The number of amides is 1. The first-order chi connectivity index (χ1) is 15.4. The van der Waals surface area contributed by atoms with Gasteiger partial charge in [-0.2, -0.15) is 5.10 Å². The maximum Gasteiger partial charge on any atom is 0.250 e. The van der Waals surface area contributed by atoms with E-state index in [-0.39, 0.29) is 18.1 Å². The molecule has 4 rings (SSSR count). The number of anilines is 1. The molecule has 1 saturated heterocycles. The van der Waals surface area contributed by atoms with Crippen molar-refractivity contribution in [3.63, 3.8) is 0 Å². The second kappa shape index (κ2) is 9.77. The number of aryl methyl sites for hydroxylation is 1. The van der Waals surface area contributed by atoms with E-state index in [1.165, 1.54) is 11.3 Å². The molecule has 0 bridgehead atoms. The average Bonchev–Trinajstić information content (AvgIpc) is 3.29. The van der Waals surface area contributed by atoms with Crippen LogP contribution in [0.4, 0.5) is 5.13 Å². The van der Waals surface area contributed by atoms with E-state index < -0.39 is 0 Å². The summed E-state index contributed by atoms with van der Waals surface area (Å²) in [6, 6.07) is 9.97. The highest BCUT2D eigenvalue weighted by molar-refractivity contribution is 7.13. The lowest BCUT2D eigenvalue weighted by Gasteiger charge is -2.34. The lowest BCUT2D eigenvalue weighted by atomic mass is 10.2. The van der Waals surface area contributed by atoms with E-state index in [2.05, 4.69) is 34.1 Å². The highest BCUT2D eigenvalue weighted by Gasteiger charge is 2.22. The largest absolute Gasteiger partial charge is 0.373 e. The predicted molar refractivity (Wildman–Crippen MR) is 128 cm³/mol. The second-order valence-electron chi connectivity index (χ2n) is 8.25. The fourth-order valence-corrected chi connectivity index (χ4v) is 4.81. The van der Waals surface area contributed by atoms with Crippen LogP contribution in [-0.4, -0.2) is 50.9 Å². The fraction of sp³-hybridized carbons (Fsp3) is 0.375. The number of thiazole rings is 1. The zero-order valence-corrected chi connectivity index (χ0v) is 19.7. The molecule has 2 atom stereocenters. The third-order valence-electron chi connectivity index (χ3n) is 5.41. The number of carbonyl (C=O) groups is 1. The van der Waals surface area contributed by atoms with Crippen LogP contribution < -0.4 is 5.32 Å². The second-order valence-corrected chi connectivity index (χ2v) is 9.11. The van der Waals surface area contributed by atoms with E-state index >= 15 is 0 Å². The van der Waals surface area contributed by atoms with Gasteiger partial charge in [-0.1, -0.05) is 18.2 Å². The quantitative estimate of drug-likeness (QED) is 0.569. The van der Waals surface area contributed by atoms with Crippen molar-refractivity contribution in [1.29, 1.82) is 0 Å². The number of para-hydroxylation sites is 1. The molecule has 2 unspecified atom stereocenters. The summed E-state index contributed by atoms with van der Waals surface area (Å²) in [4.78, 5) is 19.4. The summed E-state index contributed by atoms with van der Waals surface area (Å²) < 4.78 is 7.68. The number of nitrogens with one attached hydrogen (secondary N) is 1. The van der Waals surface area contributed by atoms with Crippen LogP contribution in [-0.2, 0) is 16.1 Å². The van der Waals surface area contributed by atoms with Crippen LogP contribution in [0.15, 0.2) is 41.8 Å². The van der Waals surface area contributed by atoms with Crippen molar-refractivity contribution >= 4 is 28.5 Å². The van der Waals surface area contributed by atoms with Crippen molar-refractivity contribution in [2.24, 2.45) is 0 Å². The molecule has 168 valence electrons. The third-order valence-corrected chi connectivity index (χ3v) is 6.22. The Bertz CT molecular complexity index is 1100. The molecular weight excluding hydrogens is 422 g/mol. The first kappa shape index (κ1) is 22.4. The van der Waals surface area contributed by atoms with Crippen molar-refractivity contribution in [2.75, 3.05) is 18.4 Å². The molecule has 0 radical (unpaired) electrons. The fourth-order valence-electron chi connectivity index (χ4n) is 4.10. The maximum atomic E-state index is 12.5. The van der Waals surface area contributed by atoms with Gasteiger partial charge in [-0.05, 0) is 45.9 Å². The van der Waals surface area contributed by atoms with Gasteiger partial charge in [-0.25, -0.2) is 9.67 Å². The average molecular weight is 452 g/mol. The summed E-state index contributed by atoms with van der Waals surface area (Å²) >= 11 is 1.45. The molecule has 1 aromatic carbocycles. The van der Waals surface area contributed by atoms with Gasteiger partial charge in [0.25, 0.3) is 0 Å². The van der Waals surface area contributed by atoms with Gasteiger partial charge in [-0.3, -0.25) is 15.0 Å². The van der Waals surface area contributed by atoms with Crippen molar-refractivity contribution < 1.29 is 9.53 Å². The summed E-state index contributed by atoms with van der Waals surface area (Å²) in [6.07, 6.45) is 3.80. The molecule has 1 aliphatic rings. The van der Waals surface area contributed by atoms with Crippen molar-refractivity contribution in [3.05, 3.63) is 64.4 Å². The Labute approximate surface area is 192 Å². The van der Waals surface area contributed by atoms with Gasteiger partial charge in [0, 0.05) is 42.3 Å². The van der Waals surface area contributed by atoms with E-state index in [1.807, 2.05) is 60.3 Å². The predicted octanol–water partition coefficient (Wildman–Crippen LogP) is 4.21. The van der Waals surface area contributed by atoms with Crippen LogP contribution in [0.25, 0.3) is 11.8 Å². The minimum absolute atomic E-state index is 0.203. The minimum atomic E-state index is -0.203. The van der Waals surface area contributed by atoms with E-state index in [9.17, 15) is 4.79 Å². The smallest absolute Gasteiger partial charge is 0.250 e. The van der Waals surface area contributed by atoms with Gasteiger partial charge in [0.2, 0.25) is 5.91 Å². The molecule has 32 heavy (non-hydrogen) atoms. The molecule has 2 aromatic heterocycles. The number of aromatic nitrogens is 3. The molecule has 0 saturated carbocycles. The van der Waals surface area contributed by atoms with Gasteiger partial charge in [-0.15, -0.1) is 11.3 Å². The number of benzene rings is 1. The van der Waals surface area contributed by atoms with Crippen molar-refractivity contribution in [2.45, 2.75) is 46.4 Å². The lowest BCUT2D eigenvalue weighted by Crippen LogP contribution is -2.44. The topological polar surface area (TPSA) is 72.3 Å². The standard InChI is InChI=1S/C24H29N5O2S/c1-16-12-28(13-17(2)31-16)14-20-15-32-24(25-20)26-23(30)11-10-22-18(3)27-29(19(22)4)21-8-6-5-7-9-21/h5-11,15-17H,12-14H2,1-4H3,(H,25,26,30)/b11-10+. The molecule has 1 amide bonds. The molecule has 1 N–H and O–H groups in total. The number of ether oxygens (including phenoxy) is 1. The molecule has 0 aliphatic carbocycles. The first-order valence-electron chi connectivity index (χ1n) is 10.8. The summed E-state index contributed by atoms with van der Waals surface area (Å²) in [5.74, 6) is -0.203. The van der Waals surface area contributed by atoms with E-state index in [4.69, 9.17) is 4.74 Å². The third kappa shape index (κ3) is 5.32. The lowest BCUT2D eigenvalue weighted by molar-refractivity contribution is -0.111. The highest BCUT2D eigenvalue weighted by atomic mass is 32.1. The van der Waals surface area contributed by atoms with Gasteiger partial charge in [0.15, 0.2) is 5.13 Å². The van der Waals surface area contributed by atoms with Gasteiger partial charge in [0.1, 0.15) is 0 Å². The van der Waals surface area contributed by atoms with Crippen LogP contribution in [0.2, 0.25) is 0 Å². The number of carbonyl (C=O) groups excluding carboxylic acids is 1. The normalized spacial score (nSPS) is 19.5. The molecule has 8 heteroatoms.